The zero-order valence-electron chi connectivity index (χ0n) is 9.81. The molecular weight excluding hydrogens is 220 g/mol. The van der Waals surface area contributed by atoms with Crippen LogP contribution >= 0.6 is 0 Å². The first-order valence-electron chi connectivity index (χ1n) is 5.98. The largest absolute Gasteiger partial charge is 0.331 e. The number of urea groups is 1. The highest BCUT2D eigenvalue weighted by Crippen LogP contribution is 2.24. The third-order valence-electron chi connectivity index (χ3n) is 3.23. The zero-order chi connectivity index (χ0) is 12.4. The van der Waals surface area contributed by atoms with Crippen molar-refractivity contribution in [2.24, 2.45) is 5.92 Å². The Balaban J connectivity index is 2.17. The Morgan fingerprint density at radius 3 is 2.53 bits per heavy atom. The number of nitrogens with one attached hydrogen (secondary N) is 1. The summed E-state index contributed by atoms with van der Waals surface area (Å²) < 4.78 is 0. The Bertz CT molecular complexity index is 381. The molecule has 0 spiro atoms. The van der Waals surface area contributed by atoms with Gasteiger partial charge in [0, 0.05) is 6.04 Å². The van der Waals surface area contributed by atoms with Gasteiger partial charge in [-0.1, -0.05) is 25.5 Å². The number of imide groups is 2. The topological polar surface area (TPSA) is 66.5 Å². The van der Waals surface area contributed by atoms with Crippen LogP contribution in [-0.2, 0) is 9.59 Å². The van der Waals surface area contributed by atoms with Gasteiger partial charge in [-0.15, -0.1) is 0 Å². The maximum Gasteiger partial charge on any atom is 0.331 e. The van der Waals surface area contributed by atoms with Gasteiger partial charge < -0.3 is 0 Å². The summed E-state index contributed by atoms with van der Waals surface area (Å²) in [6, 6.07) is -0.684. The van der Waals surface area contributed by atoms with E-state index in [2.05, 4.69) is 5.32 Å². The molecule has 5 nitrogen and oxygen atoms in total. The van der Waals surface area contributed by atoms with Gasteiger partial charge in [-0.05, 0) is 19.3 Å². The standard InChI is InChI=1S/C12H16N2O3/c1-2-5-9-10(15)13-12(17)14(11(9)16)8-6-3-4-7-8/h3-4,8-9H,2,5-7H2,1H3,(H,13,15,17). The van der Waals surface area contributed by atoms with Crippen LogP contribution in [0.2, 0.25) is 0 Å². The molecule has 0 aromatic rings. The first-order valence-corrected chi connectivity index (χ1v) is 5.98. The van der Waals surface area contributed by atoms with Crippen LogP contribution in [0.15, 0.2) is 12.2 Å². The van der Waals surface area contributed by atoms with Crippen molar-refractivity contribution in [2.45, 2.75) is 38.6 Å². The second kappa shape index (κ2) is 4.69. The van der Waals surface area contributed by atoms with Gasteiger partial charge in [0.15, 0.2) is 0 Å². The lowest BCUT2D eigenvalue weighted by Gasteiger charge is -2.34. The van der Waals surface area contributed by atoms with E-state index in [0.717, 1.165) is 6.42 Å². The fourth-order valence-corrected chi connectivity index (χ4v) is 2.34. The molecule has 0 bridgehead atoms. The molecule has 17 heavy (non-hydrogen) atoms. The second-order valence-electron chi connectivity index (χ2n) is 4.44. The van der Waals surface area contributed by atoms with Crippen LogP contribution in [-0.4, -0.2) is 28.8 Å². The molecule has 92 valence electrons. The molecule has 1 N–H and O–H groups in total. The third-order valence-corrected chi connectivity index (χ3v) is 3.23. The molecule has 2 rings (SSSR count). The molecule has 1 fully saturated rings. The highest BCUT2D eigenvalue weighted by molar-refractivity contribution is 6.16. The van der Waals surface area contributed by atoms with Crippen LogP contribution < -0.4 is 5.32 Å². The fourth-order valence-electron chi connectivity index (χ4n) is 2.34. The summed E-state index contributed by atoms with van der Waals surface area (Å²) in [5.74, 6) is -1.49. The van der Waals surface area contributed by atoms with Crippen LogP contribution in [0.5, 0.6) is 0 Å². The van der Waals surface area contributed by atoms with E-state index in [4.69, 9.17) is 0 Å². The molecule has 0 aromatic carbocycles. The van der Waals surface area contributed by atoms with E-state index in [-0.39, 0.29) is 11.9 Å². The van der Waals surface area contributed by atoms with Gasteiger partial charge in [0.05, 0.1) is 0 Å². The minimum atomic E-state index is -0.696. The van der Waals surface area contributed by atoms with Gasteiger partial charge in [0.2, 0.25) is 11.8 Å². The molecular formula is C12H16N2O3. The Morgan fingerprint density at radius 2 is 1.94 bits per heavy atom. The molecule has 5 heteroatoms. The molecule has 1 aliphatic carbocycles. The molecule has 1 unspecified atom stereocenters. The quantitative estimate of drug-likeness (QED) is 0.591. The highest BCUT2D eigenvalue weighted by atomic mass is 16.2. The summed E-state index contributed by atoms with van der Waals surface area (Å²) in [7, 11) is 0. The lowest BCUT2D eigenvalue weighted by Crippen LogP contribution is -2.60. The van der Waals surface area contributed by atoms with Gasteiger partial charge in [-0.2, -0.15) is 0 Å². The van der Waals surface area contributed by atoms with E-state index < -0.39 is 17.9 Å². The van der Waals surface area contributed by atoms with E-state index in [1.54, 1.807) is 0 Å². The van der Waals surface area contributed by atoms with Crippen LogP contribution in [0, 0.1) is 5.92 Å². The first kappa shape index (κ1) is 11.8. The van der Waals surface area contributed by atoms with Crippen LogP contribution in [0.25, 0.3) is 0 Å². The number of carbonyl (C=O) groups is 3. The maximum absolute atomic E-state index is 12.1. The molecule has 4 amide bonds. The van der Waals surface area contributed by atoms with Crippen molar-refractivity contribution in [3.8, 4) is 0 Å². The highest BCUT2D eigenvalue weighted by Gasteiger charge is 2.42. The summed E-state index contributed by atoms with van der Waals surface area (Å²) in [6.45, 7) is 1.92. The monoisotopic (exact) mass is 236 g/mol. The van der Waals surface area contributed by atoms with Gasteiger partial charge in [0.25, 0.3) is 0 Å². The van der Waals surface area contributed by atoms with Crippen molar-refractivity contribution in [1.82, 2.24) is 10.2 Å². The van der Waals surface area contributed by atoms with Gasteiger partial charge in [-0.25, -0.2) is 4.79 Å². The van der Waals surface area contributed by atoms with Gasteiger partial charge in [0.1, 0.15) is 5.92 Å². The van der Waals surface area contributed by atoms with E-state index >= 15 is 0 Å². The minimum Gasteiger partial charge on any atom is -0.277 e. The van der Waals surface area contributed by atoms with Crippen molar-refractivity contribution >= 4 is 17.8 Å². The molecule has 1 atom stereocenters. The minimum absolute atomic E-state index is 0.116. The Kier molecular flexibility index (Phi) is 3.26. The number of hydrogen-bond donors (Lipinski definition) is 1. The van der Waals surface area contributed by atoms with Crippen molar-refractivity contribution in [3.05, 3.63) is 12.2 Å². The lowest BCUT2D eigenvalue weighted by atomic mass is 9.98. The van der Waals surface area contributed by atoms with Crippen molar-refractivity contribution in [3.63, 3.8) is 0 Å². The predicted octanol–water partition coefficient (Wildman–Crippen LogP) is 1.20. The summed E-state index contributed by atoms with van der Waals surface area (Å²) in [5.41, 5.74) is 0. The smallest absolute Gasteiger partial charge is 0.277 e. The van der Waals surface area contributed by atoms with Crippen LogP contribution in [0.1, 0.15) is 32.6 Å². The van der Waals surface area contributed by atoms with Gasteiger partial charge >= 0.3 is 6.03 Å². The van der Waals surface area contributed by atoms with E-state index in [1.165, 1.54) is 4.90 Å². The second-order valence-corrected chi connectivity index (χ2v) is 4.44. The lowest BCUT2D eigenvalue weighted by molar-refractivity contribution is -0.144. The summed E-state index contributed by atoms with van der Waals surface area (Å²) in [6.07, 6.45) is 6.52. The SMILES string of the molecule is CCCC1C(=O)NC(=O)N(C2CC=CC2)C1=O. The van der Waals surface area contributed by atoms with Crippen molar-refractivity contribution in [2.75, 3.05) is 0 Å². The zero-order valence-corrected chi connectivity index (χ0v) is 9.81. The molecule has 2 aliphatic rings. The average Bonchev–Trinajstić information content (AvgIpc) is 2.77. The predicted molar refractivity (Wildman–Crippen MR) is 60.9 cm³/mol. The fraction of sp³-hybridized carbons (Fsp3) is 0.583. The van der Waals surface area contributed by atoms with Gasteiger partial charge in [-0.3, -0.25) is 19.8 Å². The molecule has 0 radical (unpaired) electrons. The Labute approximate surface area is 99.8 Å². The summed E-state index contributed by atoms with van der Waals surface area (Å²) in [4.78, 5) is 36.6. The number of nitrogens with zero attached hydrogens (tertiary/aromatic N) is 1. The Morgan fingerprint density at radius 1 is 1.29 bits per heavy atom. The molecule has 0 aromatic heterocycles. The molecule has 1 aliphatic heterocycles. The molecule has 0 saturated carbocycles. The number of carbonyl (C=O) groups excluding carboxylic acids is 3. The number of hydrogen-bond acceptors (Lipinski definition) is 3. The van der Waals surface area contributed by atoms with Crippen LogP contribution in [0.4, 0.5) is 4.79 Å². The molecule has 1 heterocycles. The van der Waals surface area contributed by atoms with Crippen molar-refractivity contribution in [1.29, 1.82) is 0 Å². The summed E-state index contributed by atoms with van der Waals surface area (Å²) in [5, 5.41) is 2.27. The van der Waals surface area contributed by atoms with E-state index in [9.17, 15) is 14.4 Å². The molecule has 1 saturated heterocycles. The maximum atomic E-state index is 12.1. The average molecular weight is 236 g/mol. The first-order chi connectivity index (χ1) is 8.15. The van der Waals surface area contributed by atoms with Crippen LogP contribution in [0.3, 0.4) is 0 Å². The number of barbiturate groups is 1. The number of amides is 4. The van der Waals surface area contributed by atoms with Crippen molar-refractivity contribution < 1.29 is 14.4 Å². The normalized spacial score (nSPS) is 25.6. The van der Waals surface area contributed by atoms with E-state index in [0.29, 0.717) is 19.3 Å². The van der Waals surface area contributed by atoms with E-state index in [1.807, 2.05) is 19.1 Å². The summed E-state index contributed by atoms with van der Waals surface area (Å²) >= 11 is 0. The Hall–Kier alpha value is -1.65. The third kappa shape index (κ3) is 2.09. The number of rotatable bonds is 3.